The van der Waals surface area contributed by atoms with Crippen LogP contribution in [0.3, 0.4) is 0 Å². The molecule has 5 nitrogen and oxygen atoms in total. The van der Waals surface area contributed by atoms with Crippen LogP contribution in [0.25, 0.3) is 0 Å². The van der Waals surface area contributed by atoms with Gasteiger partial charge in [-0.05, 0) is 18.2 Å². The molecule has 0 spiro atoms. The summed E-state index contributed by atoms with van der Waals surface area (Å²) < 4.78 is 30.2. The van der Waals surface area contributed by atoms with Crippen molar-refractivity contribution in [3.8, 4) is 11.6 Å². The molecule has 2 rings (SSSR count). The first kappa shape index (κ1) is 13.5. The van der Waals surface area contributed by atoms with E-state index in [9.17, 15) is 8.42 Å². The van der Waals surface area contributed by atoms with E-state index in [1.807, 2.05) is 30.3 Å². The summed E-state index contributed by atoms with van der Waals surface area (Å²) in [5.41, 5.74) is 0.678. The van der Waals surface area contributed by atoms with Gasteiger partial charge in [0.1, 0.15) is 5.75 Å². The standard InChI is InChI=1S/C13H14N2O3S/c1-19(16,17)15-10-11-6-5-9-14-13(11)18-12-7-3-2-4-8-12/h2-9,15H,10H2,1H3. The molecule has 0 unspecified atom stereocenters. The van der Waals surface area contributed by atoms with Crippen LogP contribution in [-0.4, -0.2) is 19.7 Å². The molecule has 0 aliphatic rings. The summed E-state index contributed by atoms with van der Waals surface area (Å²) in [5, 5.41) is 0. The molecule has 0 aliphatic carbocycles. The highest BCUT2D eigenvalue weighted by Gasteiger charge is 2.08. The van der Waals surface area contributed by atoms with E-state index < -0.39 is 10.0 Å². The fourth-order valence-electron chi connectivity index (χ4n) is 1.46. The summed E-state index contributed by atoms with van der Waals surface area (Å²) in [6.07, 6.45) is 2.71. The number of nitrogens with one attached hydrogen (secondary N) is 1. The molecule has 19 heavy (non-hydrogen) atoms. The van der Waals surface area contributed by atoms with Crippen molar-refractivity contribution in [2.75, 3.05) is 6.26 Å². The second kappa shape index (κ2) is 5.81. The van der Waals surface area contributed by atoms with Gasteiger partial charge in [0.25, 0.3) is 0 Å². The summed E-state index contributed by atoms with van der Waals surface area (Å²) in [6.45, 7) is 0.148. The summed E-state index contributed by atoms with van der Waals surface area (Å²) in [6, 6.07) is 12.7. The Kier molecular flexibility index (Phi) is 4.13. The van der Waals surface area contributed by atoms with Crippen LogP contribution in [0.5, 0.6) is 11.6 Å². The Hall–Kier alpha value is -1.92. The minimum Gasteiger partial charge on any atom is -0.439 e. The zero-order valence-corrected chi connectivity index (χ0v) is 11.2. The first-order valence-corrected chi connectivity index (χ1v) is 7.55. The molecule has 0 aliphatic heterocycles. The van der Waals surface area contributed by atoms with E-state index in [1.54, 1.807) is 18.3 Å². The average Bonchev–Trinajstić information content (AvgIpc) is 2.38. The fraction of sp³-hybridized carbons (Fsp3) is 0.154. The molecule has 1 aromatic heterocycles. The van der Waals surface area contributed by atoms with E-state index in [0.29, 0.717) is 17.2 Å². The second-order valence-electron chi connectivity index (χ2n) is 3.98. The SMILES string of the molecule is CS(=O)(=O)NCc1cccnc1Oc1ccccc1. The van der Waals surface area contributed by atoms with E-state index in [1.165, 1.54) is 0 Å². The van der Waals surface area contributed by atoms with Crippen molar-refractivity contribution in [3.05, 3.63) is 54.2 Å². The van der Waals surface area contributed by atoms with Crippen LogP contribution in [-0.2, 0) is 16.6 Å². The lowest BCUT2D eigenvalue weighted by Gasteiger charge is -2.09. The van der Waals surface area contributed by atoms with Crippen LogP contribution in [0.1, 0.15) is 5.56 Å². The number of hydrogen-bond acceptors (Lipinski definition) is 4. The Bertz CT molecular complexity index is 642. The van der Waals surface area contributed by atoms with Gasteiger partial charge in [0.15, 0.2) is 0 Å². The number of hydrogen-bond donors (Lipinski definition) is 1. The number of pyridine rings is 1. The van der Waals surface area contributed by atoms with Crippen molar-refractivity contribution < 1.29 is 13.2 Å². The number of para-hydroxylation sites is 1. The van der Waals surface area contributed by atoms with Crippen LogP contribution in [0.15, 0.2) is 48.7 Å². The Morgan fingerprint density at radius 1 is 1.16 bits per heavy atom. The van der Waals surface area contributed by atoms with Crippen molar-refractivity contribution in [1.29, 1.82) is 0 Å². The second-order valence-corrected chi connectivity index (χ2v) is 5.81. The smallest absolute Gasteiger partial charge is 0.223 e. The zero-order chi connectivity index (χ0) is 13.7. The third-order valence-corrected chi connectivity index (χ3v) is 3.00. The average molecular weight is 278 g/mol. The monoisotopic (exact) mass is 278 g/mol. The molecule has 0 saturated carbocycles. The maximum absolute atomic E-state index is 11.1. The maximum Gasteiger partial charge on any atom is 0.223 e. The number of ether oxygens (including phenoxy) is 1. The van der Waals surface area contributed by atoms with Gasteiger partial charge in [-0.25, -0.2) is 18.1 Å². The first-order chi connectivity index (χ1) is 9.04. The van der Waals surface area contributed by atoms with Gasteiger partial charge in [-0.2, -0.15) is 0 Å². The Morgan fingerprint density at radius 2 is 1.89 bits per heavy atom. The third kappa shape index (κ3) is 4.35. The molecule has 0 bridgehead atoms. The van der Waals surface area contributed by atoms with E-state index in [2.05, 4.69) is 9.71 Å². The van der Waals surface area contributed by atoms with Gasteiger partial charge in [0, 0.05) is 18.3 Å². The first-order valence-electron chi connectivity index (χ1n) is 5.66. The van der Waals surface area contributed by atoms with Crippen molar-refractivity contribution >= 4 is 10.0 Å². The van der Waals surface area contributed by atoms with Crippen LogP contribution in [0, 0.1) is 0 Å². The van der Waals surface area contributed by atoms with Crippen molar-refractivity contribution in [3.63, 3.8) is 0 Å². The zero-order valence-electron chi connectivity index (χ0n) is 10.4. The fourth-order valence-corrected chi connectivity index (χ4v) is 1.88. The number of rotatable bonds is 5. The highest BCUT2D eigenvalue weighted by atomic mass is 32.2. The number of benzene rings is 1. The minimum atomic E-state index is -3.25. The number of aromatic nitrogens is 1. The summed E-state index contributed by atoms with van der Waals surface area (Å²) in [7, 11) is -3.25. The third-order valence-electron chi connectivity index (χ3n) is 2.33. The molecule has 0 radical (unpaired) electrons. The Morgan fingerprint density at radius 3 is 2.58 bits per heavy atom. The summed E-state index contributed by atoms with van der Waals surface area (Å²) in [5.74, 6) is 1.05. The van der Waals surface area contributed by atoms with Gasteiger partial charge >= 0.3 is 0 Å². The molecule has 1 heterocycles. The molecule has 1 N–H and O–H groups in total. The van der Waals surface area contributed by atoms with E-state index >= 15 is 0 Å². The van der Waals surface area contributed by atoms with E-state index in [0.717, 1.165) is 6.26 Å². The predicted molar refractivity (Wildman–Crippen MR) is 72.4 cm³/mol. The molecule has 2 aromatic rings. The van der Waals surface area contributed by atoms with Crippen molar-refractivity contribution in [2.24, 2.45) is 0 Å². The molecule has 0 atom stereocenters. The molecular weight excluding hydrogens is 264 g/mol. The topological polar surface area (TPSA) is 68.3 Å². The van der Waals surface area contributed by atoms with Gasteiger partial charge in [0.2, 0.25) is 15.9 Å². The molecule has 0 saturated heterocycles. The lowest BCUT2D eigenvalue weighted by atomic mass is 10.3. The summed E-state index contributed by atoms with van der Waals surface area (Å²) in [4.78, 5) is 4.12. The molecule has 100 valence electrons. The van der Waals surface area contributed by atoms with Gasteiger partial charge in [-0.1, -0.05) is 24.3 Å². The molecule has 1 aromatic carbocycles. The van der Waals surface area contributed by atoms with Crippen LogP contribution < -0.4 is 9.46 Å². The maximum atomic E-state index is 11.1. The van der Waals surface area contributed by atoms with Crippen LogP contribution >= 0.6 is 0 Å². The molecule has 6 heteroatoms. The van der Waals surface area contributed by atoms with E-state index in [-0.39, 0.29) is 6.54 Å². The van der Waals surface area contributed by atoms with Gasteiger partial charge < -0.3 is 4.74 Å². The van der Waals surface area contributed by atoms with Crippen molar-refractivity contribution in [1.82, 2.24) is 9.71 Å². The highest BCUT2D eigenvalue weighted by molar-refractivity contribution is 7.88. The molecular formula is C13H14N2O3S. The lowest BCUT2D eigenvalue weighted by molar-refractivity contribution is 0.455. The number of nitrogens with zero attached hydrogens (tertiary/aromatic N) is 1. The van der Waals surface area contributed by atoms with Crippen LogP contribution in [0.4, 0.5) is 0 Å². The number of sulfonamides is 1. The largest absolute Gasteiger partial charge is 0.439 e. The van der Waals surface area contributed by atoms with Gasteiger partial charge in [-0.3, -0.25) is 0 Å². The van der Waals surface area contributed by atoms with E-state index in [4.69, 9.17) is 4.74 Å². The predicted octanol–water partition coefficient (Wildman–Crippen LogP) is 1.92. The highest BCUT2D eigenvalue weighted by Crippen LogP contribution is 2.22. The van der Waals surface area contributed by atoms with Crippen molar-refractivity contribution in [2.45, 2.75) is 6.54 Å². The Labute approximate surface area is 112 Å². The normalized spacial score (nSPS) is 11.2. The Balaban J connectivity index is 2.17. The van der Waals surface area contributed by atoms with Gasteiger partial charge in [-0.15, -0.1) is 0 Å². The van der Waals surface area contributed by atoms with Crippen LogP contribution in [0.2, 0.25) is 0 Å². The van der Waals surface area contributed by atoms with Gasteiger partial charge in [0.05, 0.1) is 6.26 Å². The quantitative estimate of drug-likeness (QED) is 0.907. The summed E-state index contributed by atoms with van der Waals surface area (Å²) >= 11 is 0. The minimum absolute atomic E-state index is 0.148. The molecule has 0 amide bonds. The lowest BCUT2D eigenvalue weighted by Crippen LogP contribution is -2.21. The molecule has 0 fully saturated rings.